The Morgan fingerprint density at radius 3 is 2.59 bits per heavy atom. The second-order valence-corrected chi connectivity index (χ2v) is 7.54. The Hall–Kier alpha value is -3.95. The van der Waals surface area contributed by atoms with Crippen molar-refractivity contribution in [2.45, 2.75) is 25.9 Å². The zero-order chi connectivity index (χ0) is 23.0. The minimum absolute atomic E-state index is 0.211. The smallest absolute Gasteiger partial charge is 0.325 e. The Labute approximate surface area is 183 Å². The number of carbonyl (C=O) groups excluding carboxylic acids is 3. The summed E-state index contributed by atoms with van der Waals surface area (Å²) in [4.78, 5) is 43.4. The Bertz CT molecular complexity index is 1220. The molecule has 0 aliphatic carbocycles. The maximum Gasteiger partial charge on any atom is 0.325 e. The second-order valence-electron chi connectivity index (χ2n) is 7.54. The summed E-state index contributed by atoms with van der Waals surface area (Å²) in [5.41, 5.74) is 0.308. The highest BCUT2D eigenvalue weighted by Crippen LogP contribution is 2.30. The molecule has 4 amide bonds. The average molecular weight is 439 g/mol. The van der Waals surface area contributed by atoms with Crippen molar-refractivity contribution in [2.24, 2.45) is 0 Å². The summed E-state index contributed by atoms with van der Waals surface area (Å²) >= 11 is 0. The van der Waals surface area contributed by atoms with Gasteiger partial charge in [-0.25, -0.2) is 14.2 Å². The second kappa shape index (κ2) is 7.95. The molecule has 3 aromatic rings. The van der Waals surface area contributed by atoms with Crippen LogP contribution in [0.15, 0.2) is 42.5 Å². The first kappa shape index (κ1) is 21.3. The van der Waals surface area contributed by atoms with E-state index in [1.54, 1.807) is 41.8 Å². The van der Waals surface area contributed by atoms with Gasteiger partial charge in [-0.15, -0.1) is 0 Å². The van der Waals surface area contributed by atoms with Crippen molar-refractivity contribution in [2.75, 3.05) is 19.0 Å². The minimum atomic E-state index is -1.31. The lowest BCUT2D eigenvalue weighted by Gasteiger charge is -2.22. The van der Waals surface area contributed by atoms with Gasteiger partial charge in [0, 0.05) is 12.6 Å². The van der Waals surface area contributed by atoms with Gasteiger partial charge in [0.05, 0.1) is 18.1 Å². The van der Waals surface area contributed by atoms with Gasteiger partial charge in [0.15, 0.2) is 0 Å². The third-order valence-corrected chi connectivity index (χ3v) is 5.52. The fraction of sp³-hybridized carbons (Fsp3) is 0.273. The summed E-state index contributed by atoms with van der Waals surface area (Å²) in [5, 5.41) is 5.28. The third kappa shape index (κ3) is 3.53. The van der Waals surface area contributed by atoms with Crippen LogP contribution >= 0.6 is 0 Å². The molecule has 1 unspecified atom stereocenters. The van der Waals surface area contributed by atoms with Crippen LogP contribution < -0.4 is 15.4 Å². The van der Waals surface area contributed by atoms with Crippen LogP contribution in [0.25, 0.3) is 11.0 Å². The number of hydrogen-bond acceptors (Lipinski definition) is 5. The van der Waals surface area contributed by atoms with Crippen molar-refractivity contribution < 1.29 is 23.5 Å². The van der Waals surface area contributed by atoms with Crippen molar-refractivity contribution >= 4 is 34.8 Å². The molecule has 166 valence electrons. The highest BCUT2D eigenvalue weighted by molar-refractivity contribution is 6.10. The number of fused-ring (bicyclic) bond motifs is 1. The van der Waals surface area contributed by atoms with E-state index in [2.05, 4.69) is 15.6 Å². The van der Waals surface area contributed by atoms with Gasteiger partial charge in [0.1, 0.15) is 23.7 Å². The Morgan fingerprint density at radius 2 is 1.94 bits per heavy atom. The number of nitrogens with zero attached hydrogens (tertiary/aromatic N) is 3. The summed E-state index contributed by atoms with van der Waals surface area (Å²) in [6.07, 6.45) is 0. The van der Waals surface area contributed by atoms with Crippen LogP contribution in [0.1, 0.15) is 19.4 Å². The number of benzene rings is 2. The molecule has 2 heterocycles. The molecule has 1 fully saturated rings. The van der Waals surface area contributed by atoms with Gasteiger partial charge >= 0.3 is 6.03 Å². The van der Waals surface area contributed by atoms with Gasteiger partial charge < -0.3 is 14.6 Å². The largest absolute Gasteiger partial charge is 0.497 e. The fourth-order valence-electron chi connectivity index (χ4n) is 3.79. The van der Waals surface area contributed by atoms with Crippen molar-refractivity contribution in [3.63, 3.8) is 0 Å². The molecular weight excluding hydrogens is 417 g/mol. The van der Waals surface area contributed by atoms with Crippen LogP contribution in [-0.4, -0.2) is 46.0 Å². The summed E-state index contributed by atoms with van der Waals surface area (Å²) in [6, 6.07) is 10.2. The lowest BCUT2D eigenvalue weighted by molar-refractivity contribution is -0.133. The van der Waals surface area contributed by atoms with E-state index in [0.717, 1.165) is 4.90 Å². The molecule has 1 aliphatic heterocycles. The minimum Gasteiger partial charge on any atom is -0.497 e. The van der Waals surface area contributed by atoms with Crippen molar-refractivity contribution in [3.05, 3.63) is 53.8 Å². The maximum absolute atomic E-state index is 13.5. The monoisotopic (exact) mass is 439 g/mol. The molecule has 0 radical (unpaired) electrons. The number of rotatable bonds is 6. The number of methoxy groups -OCH3 is 1. The van der Waals surface area contributed by atoms with Gasteiger partial charge in [-0.05, 0) is 43.7 Å². The zero-order valence-electron chi connectivity index (χ0n) is 17.8. The van der Waals surface area contributed by atoms with Crippen LogP contribution in [0.2, 0.25) is 0 Å². The van der Waals surface area contributed by atoms with Crippen LogP contribution in [-0.2, 0) is 21.7 Å². The molecule has 0 bridgehead atoms. The first-order valence-corrected chi connectivity index (χ1v) is 10.0. The van der Waals surface area contributed by atoms with E-state index >= 15 is 0 Å². The lowest BCUT2D eigenvalue weighted by Crippen LogP contribution is -2.42. The number of aryl methyl sites for hydroxylation is 1. The molecule has 4 rings (SSSR count). The van der Waals surface area contributed by atoms with Gasteiger partial charge in [-0.3, -0.25) is 19.8 Å². The molecule has 2 N–H and O–H groups in total. The SMILES string of the molecule is CCn1c(NC(=O)CN2C(=O)NC(C)(c3ccc(OC)cc3)C2=O)nc2cc(F)ccc21. The van der Waals surface area contributed by atoms with E-state index in [-0.39, 0.29) is 5.95 Å². The molecule has 1 saturated heterocycles. The number of halogens is 1. The Morgan fingerprint density at radius 1 is 1.22 bits per heavy atom. The predicted octanol–water partition coefficient (Wildman–Crippen LogP) is 2.61. The van der Waals surface area contributed by atoms with E-state index in [1.165, 1.54) is 19.2 Å². The number of hydrogen-bond donors (Lipinski definition) is 2. The molecule has 0 saturated carbocycles. The van der Waals surface area contributed by atoms with Crippen molar-refractivity contribution in [1.29, 1.82) is 0 Å². The molecule has 1 aromatic heterocycles. The van der Waals surface area contributed by atoms with Gasteiger partial charge in [-0.2, -0.15) is 0 Å². The molecule has 1 atom stereocenters. The standard InChI is InChI=1S/C22H22FN5O4/c1-4-27-17-10-7-14(23)11-16(17)24-20(27)25-18(29)12-28-19(30)22(2,26-21(28)31)13-5-8-15(32-3)9-6-13/h5-11H,4,12H2,1-3H3,(H,26,31)(H,24,25,29). The molecule has 1 aliphatic rings. The molecule has 32 heavy (non-hydrogen) atoms. The normalized spacial score (nSPS) is 18.2. The summed E-state index contributed by atoms with van der Waals surface area (Å²) in [6.45, 7) is 3.43. The van der Waals surface area contributed by atoms with E-state index < -0.39 is 35.7 Å². The Balaban J connectivity index is 1.53. The lowest BCUT2D eigenvalue weighted by atomic mass is 9.92. The van der Waals surface area contributed by atoms with Crippen LogP contribution in [0.3, 0.4) is 0 Å². The van der Waals surface area contributed by atoms with E-state index in [1.807, 2.05) is 6.92 Å². The van der Waals surface area contributed by atoms with Crippen molar-refractivity contribution in [1.82, 2.24) is 19.8 Å². The summed E-state index contributed by atoms with van der Waals surface area (Å²) < 4.78 is 20.4. The van der Waals surface area contributed by atoms with E-state index in [0.29, 0.717) is 28.9 Å². The van der Waals surface area contributed by atoms with E-state index in [9.17, 15) is 18.8 Å². The molecule has 9 nitrogen and oxygen atoms in total. The molecule has 2 aromatic carbocycles. The number of nitrogens with one attached hydrogen (secondary N) is 2. The highest BCUT2D eigenvalue weighted by atomic mass is 19.1. The van der Waals surface area contributed by atoms with E-state index in [4.69, 9.17) is 4.74 Å². The topological polar surface area (TPSA) is 106 Å². The number of anilines is 1. The number of ether oxygens (including phenoxy) is 1. The van der Waals surface area contributed by atoms with Crippen LogP contribution in [0.4, 0.5) is 15.1 Å². The average Bonchev–Trinajstić information content (AvgIpc) is 3.22. The number of imide groups is 1. The Kier molecular flexibility index (Phi) is 5.29. The third-order valence-electron chi connectivity index (χ3n) is 5.52. The first-order chi connectivity index (χ1) is 15.3. The van der Waals surface area contributed by atoms with Gasteiger partial charge in [-0.1, -0.05) is 12.1 Å². The zero-order valence-corrected chi connectivity index (χ0v) is 17.8. The highest BCUT2D eigenvalue weighted by Gasteiger charge is 2.49. The number of carbonyl (C=O) groups is 3. The number of amides is 4. The molecule has 0 spiro atoms. The van der Waals surface area contributed by atoms with Gasteiger partial charge in [0.2, 0.25) is 11.9 Å². The number of imidazole rings is 1. The van der Waals surface area contributed by atoms with Crippen LogP contribution in [0, 0.1) is 5.82 Å². The van der Waals surface area contributed by atoms with Crippen LogP contribution in [0.5, 0.6) is 5.75 Å². The number of aromatic nitrogens is 2. The molecule has 10 heteroatoms. The number of urea groups is 1. The summed E-state index contributed by atoms with van der Waals surface area (Å²) in [7, 11) is 1.53. The maximum atomic E-state index is 13.5. The fourth-order valence-corrected chi connectivity index (χ4v) is 3.79. The quantitative estimate of drug-likeness (QED) is 0.575. The molecular formula is C22H22FN5O4. The predicted molar refractivity (Wildman–Crippen MR) is 115 cm³/mol. The first-order valence-electron chi connectivity index (χ1n) is 10.0. The van der Waals surface area contributed by atoms with Crippen molar-refractivity contribution in [3.8, 4) is 5.75 Å². The summed E-state index contributed by atoms with van der Waals surface area (Å²) in [5.74, 6) is -0.757. The van der Waals surface area contributed by atoms with Gasteiger partial charge in [0.25, 0.3) is 5.91 Å².